The van der Waals surface area contributed by atoms with E-state index in [1.165, 1.54) is 25.7 Å². The molecular weight excluding hydrogens is 152 g/mol. The lowest BCUT2D eigenvalue weighted by atomic mass is 9.84. The van der Waals surface area contributed by atoms with Crippen LogP contribution in [0.1, 0.15) is 45.4 Å². The molecule has 0 amide bonds. The molecule has 2 N–H and O–H groups in total. The van der Waals surface area contributed by atoms with Gasteiger partial charge in [-0.25, -0.2) is 0 Å². The van der Waals surface area contributed by atoms with Crippen LogP contribution in [-0.2, 0) is 0 Å². The van der Waals surface area contributed by atoms with E-state index in [0.717, 1.165) is 12.8 Å². The quantitative estimate of drug-likeness (QED) is 0.677. The highest BCUT2D eigenvalue weighted by Crippen LogP contribution is 2.36. The fraction of sp³-hybridized carbons (Fsp3) is 1.00. The summed E-state index contributed by atoms with van der Waals surface area (Å²) in [5.74, 6) is 0.476. The van der Waals surface area contributed by atoms with Crippen LogP contribution in [0.15, 0.2) is 0 Å². The average Bonchev–Trinajstić information content (AvgIpc) is 2.53. The Labute approximate surface area is 74.6 Å². The Morgan fingerprint density at radius 1 is 1.33 bits per heavy atom. The van der Waals surface area contributed by atoms with Crippen LogP contribution in [0, 0.1) is 5.92 Å². The highest BCUT2D eigenvalue weighted by atomic mass is 16.3. The average molecular weight is 172 g/mol. The van der Waals surface area contributed by atoms with Crippen LogP contribution in [0.25, 0.3) is 0 Å². The Morgan fingerprint density at radius 3 is 2.42 bits per heavy atom. The van der Waals surface area contributed by atoms with Gasteiger partial charge in [-0.05, 0) is 38.5 Å². The summed E-state index contributed by atoms with van der Waals surface area (Å²) < 4.78 is 0. The van der Waals surface area contributed by atoms with Crippen molar-refractivity contribution in [3.8, 4) is 0 Å². The van der Waals surface area contributed by atoms with Crippen LogP contribution in [0.3, 0.4) is 0 Å². The number of aliphatic hydroxyl groups is 2. The maximum Gasteiger partial charge on any atom is 0.0648 e. The highest BCUT2D eigenvalue weighted by Gasteiger charge is 2.32. The second-order valence-electron chi connectivity index (χ2n) is 4.17. The molecule has 0 radical (unpaired) electrons. The molecule has 2 heteroatoms. The molecule has 1 aliphatic rings. The Bertz CT molecular complexity index is 126. The van der Waals surface area contributed by atoms with E-state index in [1.54, 1.807) is 0 Å². The highest BCUT2D eigenvalue weighted by molar-refractivity contribution is 4.85. The van der Waals surface area contributed by atoms with Crippen molar-refractivity contribution in [3.63, 3.8) is 0 Å². The van der Waals surface area contributed by atoms with E-state index in [-0.39, 0.29) is 6.61 Å². The molecule has 1 saturated carbocycles. The first-order valence-corrected chi connectivity index (χ1v) is 5.00. The maximum atomic E-state index is 10.0. The first-order valence-electron chi connectivity index (χ1n) is 5.00. The molecule has 0 aromatic carbocycles. The van der Waals surface area contributed by atoms with Gasteiger partial charge in [0.25, 0.3) is 0 Å². The molecular formula is C10H20O2. The van der Waals surface area contributed by atoms with Crippen molar-refractivity contribution in [3.05, 3.63) is 0 Å². The first kappa shape index (κ1) is 10.0. The molecule has 2 nitrogen and oxygen atoms in total. The van der Waals surface area contributed by atoms with Gasteiger partial charge >= 0.3 is 0 Å². The lowest BCUT2D eigenvalue weighted by molar-refractivity contribution is -0.0112. The third kappa shape index (κ3) is 2.46. The van der Waals surface area contributed by atoms with E-state index in [4.69, 9.17) is 5.11 Å². The molecule has 72 valence electrons. The summed E-state index contributed by atoms with van der Waals surface area (Å²) in [7, 11) is 0. The van der Waals surface area contributed by atoms with E-state index in [9.17, 15) is 5.11 Å². The second kappa shape index (κ2) is 4.24. The zero-order valence-corrected chi connectivity index (χ0v) is 7.92. The number of rotatable bonds is 4. The summed E-state index contributed by atoms with van der Waals surface area (Å²) in [5, 5.41) is 18.7. The molecule has 0 aliphatic heterocycles. The predicted octanol–water partition coefficient (Wildman–Crippen LogP) is 1.70. The number of hydrogen-bond donors (Lipinski definition) is 2. The summed E-state index contributed by atoms with van der Waals surface area (Å²) in [5.41, 5.74) is -0.529. The van der Waals surface area contributed by atoms with Crippen LogP contribution >= 0.6 is 0 Å². The molecule has 0 saturated heterocycles. The van der Waals surface area contributed by atoms with Crippen molar-refractivity contribution < 1.29 is 10.2 Å². The third-order valence-corrected chi connectivity index (χ3v) is 3.08. The lowest BCUT2D eigenvalue weighted by Crippen LogP contribution is -2.33. The van der Waals surface area contributed by atoms with Gasteiger partial charge in [0, 0.05) is 6.61 Å². The van der Waals surface area contributed by atoms with Crippen molar-refractivity contribution in [2.45, 2.75) is 51.0 Å². The number of hydrogen-bond acceptors (Lipinski definition) is 2. The fourth-order valence-corrected chi connectivity index (χ4v) is 2.19. The van der Waals surface area contributed by atoms with Gasteiger partial charge in [-0.3, -0.25) is 0 Å². The van der Waals surface area contributed by atoms with E-state index >= 15 is 0 Å². The molecule has 1 aliphatic carbocycles. The van der Waals surface area contributed by atoms with Crippen LogP contribution in [0.2, 0.25) is 0 Å². The van der Waals surface area contributed by atoms with Crippen LogP contribution < -0.4 is 0 Å². The van der Waals surface area contributed by atoms with Gasteiger partial charge in [-0.2, -0.15) is 0 Å². The van der Waals surface area contributed by atoms with Crippen molar-refractivity contribution >= 4 is 0 Å². The van der Waals surface area contributed by atoms with E-state index in [1.807, 2.05) is 6.92 Å². The first-order chi connectivity index (χ1) is 5.67. The molecule has 1 unspecified atom stereocenters. The zero-order valence-electron chi connectivity index (χ0n) is 7.92. The SMILES string of the molecule is CC(O)(CCCO)C1CCCC1. The van der Waals surface area contributed by atoms with Crippen molar-refractivity contribution in [2.75, 3.05) is 6.61 Å². The van der Waals surface area contributed by atoms with Crippen molar-refractivity contribution in [2.24, 2.45) is 5.92 Å². The normalized spacial score (nSPS) is 24.2. The Kier molecular flexibility index (Phi) is 3.53. The largest absolute Gasteiger partial charge is 0.396 e. The van der Waals surface area contributed by atoms with Crippen LogP contribution in [0.4, 0.5) is 0 Å². The van der Waals surface area contributed by atoms with Gasteiger partial charge in [-0.15, -0.1) is 0 Å². The number of aliphatic hydroxyl groups excluding tert-OH is 1. The maximum absolute atomic E-state index is 10.0. The minimum absolute atomic E-state index is 0.197. The Balaban J connectivity index is 2.34. The molecule has 0 spiro atoms. The molecule has 0 aromatic heterocycles. The minimum Gasteiger partial charge on any atom is -0.396 e. The Morgan fingerprint density at radius 2 is 1.92 bits per heavy atom. The van der Waals surface area contributed by atoms with E-state index < -0.39 is 5.60 Å². The summed E-state index contributed by atoms with van der Waals surface area (Å²) in [6.07, 6.45) is 6.33. The minimum atomic E-state index is -0.529. The Hall–Kier alpha value is -0.0800. The van der Waals surface area contributed by atoms with E-state index in [0.29, 0.717) is 5.92 Å². The molecule has 1 atom stereocenters. The van der Waals surface area contributed by atoms with Gasteiger partial charge in [0.05, 0.1) is 5.60 Å². The molecule has 0 heterocycles. The van der Waals surface area contributed by atoms with Crippen LogP contribution in [0.5, 0.6) is 0 Å². The molecule has 1 fully saturated rings. The molecule has 0 aromatic rings. The van der Waals surface area contributed by atoms with Gasteiger partial charge in [0.1, 0.15) is 0 Å². The van der Waals surface area contributed by atoms with Crippen molar-refractivity contribution in [1.29, 1.82) is 0 Å². The standard InChI is InChI=1S/C10H20O2/c1-10(12,7-4-8-11)9-5-2-3-6-9/h9,11-12H,2-8H2,1H3. The lowest BCUT2D eigenvalue weighted by Gasteiger charge is -2.29. The summed E-state index contributed by atoms with van der Waals surface area (Å²) in [6.45, 7) is 2.11. The second-order valence-corrected chi connectivity index (χ2v) is 4.17. The predicted molar refractivity (Wildman–Crippen MR) is 48.9 cm³/mol. The van der Waals surface area contributed by atoms with Gasteiger partial charge < -0.3 is 10.2 Å². The molecule has 1 rings (SSSR count). The smallest absolute Gasteiger partial charge is 0.0648 e. The summed E-state index contributed by atoms with van der Waals surface area (Å²) >= 11 is 0. The van der Waals surface area contributed by atoms with E-state index in [2.05, 4.69) is 0 Å². The van der Waals surface area contributed by atoms with Gasteiger partial charge in [0.2, 0.25) is 0 Å². The fourth-order valence-electron chi connectivity index (χ4n) is 2.19. The monoisotopic (exact) mass is 172 g/mol. The van der Waals surface area contributed by atoms with Gasteiger partial charge in [0.15, 0.2) is 0 Å². The van der Waals surface area contributed by atoms with Crippen LogP contribution in [-0.4, -0.2) is 22.4 Å². The molecule has 12 heavy (non-hydrogen) atoms. The summed E-state index contributed by atoms with van der Waals surface area (Å²) in [6, 6.07) is 0. The third-order valence-electron chi connectivity index (χ3n) is 3.08. The summed E-state index contributed by atoms with van der Waals surface area (Å²) in [4.78, 5) is 0. The molecule has 0 bridgehead atoms. The van der Waals surface area contributed by atoms with Gasteiger partial charge in [-0.1, -0.05) is 12.8 Å². The zero-order chi connectivity index (χ0) is 9.03. The van der Waals surface area contributed by atoms with Crippen molar-refractivity contribution in [1.82, 2.24) is 0 Å². The topological polar surface area (TPSA) is 40.5 Å².